The van der Waals surface area contributed by atoms with Crippen LogP contribution in [0.2, 0.25) is 10.0 Å². The third-order valence-electron chi connectivity index (χ3n) is 2.92. The van der Waals surface area contributed by atoms with E-state index in [9.17, 15) is 4.79 Å². The van der Waals surface area contributed by atoms with Gasteiger partial charge in [0.25, 0.3) is 0 Å². The van der Waals surface area contributed by atoms with E-state index in [1.54, 1.807) is 42.5 Å². The van der Waals surface area contributed by atoms with Crippen LogP contribution in [0.4, 0.5) is 0 Å². The smallest absolute Gasteiger partial charge is 0.312 e. The first-order valence-corrected chi connectivity index (χ1v) is 6.92. The van der Waals surface area contributed by atoms with Gasteiger partial charge in [-0.05, 0) is 29.8 Å². The van der Waals surface area contributed by atoms with Crippen molar-refractivity contribution >= 4 is 29.2 Å². The highest BCUT2D eigenvalue weighted by molar-refractivity contribution is 6.42. The van der Waals surface area contributed by atoms with Gasteiger partial charge in [0, 0.05) is 12.6 Å². The highest BCUT2D eigenvalue weighted by Crippen LogP contribution is 2.30. The molecule has 0 aliphatic rings. The molecule has 2 rings (SSSR count). The van der Waals surface area contributed by atoms with E-state index < -0.39 is 11.9 Å². The first-order valence-electron chi connectivity index (χ1n) is 6.17. The number of ether oxygens (including phenoxy) is 1. The minimum atomic E-state index is -0.968. The quantitative estimate of drug-likeness (QED) is 0.874. The molecule has 0 aliphatic carbocycles. The molecule has 0 radical (unpaired) electrons. The van der Waals surface area contributed by atoms with E-state index in [1.165, 1.54) is 0 Å². The van der Waals surface area contributed by atoms with Crippen molar-refractivity contribution in [2.24, 2.45) is 5.73 Å². The normalized spacial score (nSPS) is 12.0. The number of aliphatic carboxylic acids is 1. The highest BCUT2D eigenvalue weighted by Gasteiger charge is 2.18. The summed E-state index contributed by atoms with van der Waals surface area (Å²) in [6, 6.07) is 11.7. The summed E-state index contributed by atoms with van der Waals surface area (Å²) in [7, 11) is 0. The lowest BCUT2D eigenvalue weighted by Crippen LogP contribution is -2.21. The Morgan fingerprint density at radius 1 is 1.14 bits per heavy atom. The van der Waals surface area contributed by atoms with Gasteiger partial charge >= 0.3 is 5.97 Å². The lowest BCUT2D eigenvalue weighted by molar-refractivity contribution is -0.138. The van der Waals surface area contributed by atoms with Crippen LogP contribution in [-0.2, 0) is 4.79 Å². The van der Waals surface area contributed by atoms with Crippen molar-refractivity contribution < 1.29 is 14.6 Å². The van der Waals surface area contributed by atoms with E-state index in [-0.39, 0.29) is 6.54 Å². The predicted molar refractivity (Wildman–Crippen MR) is 82.4 cm³/mol. The molecule has 0 fully saturated rings. The fourth-order valence-corrected chi connectivity index (χ4v) is 2.14. The van der Waals surface area contributed by atoms with Crippen molar-refractivity contribution in [1.29, 1.82) is 0 Å². The second-order valence-corrected chi connectivity index (χ2v) is 5.19. The van der Waals surface area contributed by atoms with Crippen molar-refractivity contribution in [2.75, 3.05) is 6.54 Å². The van der Waals surface area contributed by atoms with Crippen LogP contribution in [0.25, 0.3) is 0 Å². The number of carboxylic acids is 1. The van der Waals surface area contributed by atoms with E-state index in [0.717, 1.165) is 0 Å². The lowest BCUT2D eigenvalue weighted by atomic mass is 9.99. The van der Waals surface area contributed by atoms with Crippen LogP contribution in [0.3, 0.4) is 0 Å². The first kappa shape index (κ1) is 15.6. The lowest BCUT2D eigenvalue weighted by Gasteiger charge is -2.12. The zero-order chi connectivity index (χ0) is 15.4. The Morgan fingerprint density at radius 3 is 2.48 bits per heavy atom. The van der Waals surface area contributed by atoms with Crippen LogP contribution in [-0.4, -0.2) is 17.6 Å². The van der Waals surface area contributed by atoms with Gasteiger partial charge < -0.3 is 15.6 Å². The molecule has 0 amide bonds. The van der Waals surface area contributed by atoms with Gasteiger partial charge in [-0.2, -0.15) is 0 Å². The summed E-state index contributed by atoms with van der Waals surface area (Å²) in [5.41, 5.74) is 6.08. The van der Waals surface area contributed by atoms with Gasteiger partial charge in [0.15, 0.2) is 0 Å². The Bertz CT molecular complexity index is 661. The Kier molecular flexibility index (Phi) is 5.07. The number of nitrogens with two attached hydrogens (primary N) is 1. The zero-order valence-corrected chi connectivity index (χ0v) is 12.4. The van der Waals surface area contributed by atoms with Crippen molar-refractivity contribution in [3.05, 3.63) is 58.1 Å². The van der Waals surface area contributed by atoms with Crippen LogP contribution >= 0.6 is 23.2 Å². The molecule has 0 aromatic heterocycles. The summed E-state index contributed by atoms with van der Waals surface area (Å²) >= 11 is 11.8. The molecule has 0 spiro atoms. The highest BCUT2D eigenvalue weighted by atomic mass is 35.5. The molecule has 3 N–H and O–H groups in total. The molecule has 0 heterocycles. The Balaban J connectivity index is 2.25. The molecule has 0 bridgehead atoms. The number of rotatable bonds is 5. The van der Waals surface area contributed by atoms with Crippen LogP contribution in [0.5, 0.6) is 11.5 Å². The SMILES string of the molecule is NCC(C(=O)O)c1cccc(Oc2ccc(Cl)c(Cl)c2)c1. The van der Waals surface area contributed by atoms with Gasteiger partial charge in [-0.3, -0.25) is 4.79 Å². The van der Waals surface area contributed by atoms with Crippen LogP contribution in [0.15, 0.2) is 42.5 Å². The summed E-state index contributed by atoms with van der Waals surface area (Å²) in [6.07, 6.45) is 0. The Labute approximate surface area is 132 Å². The molecule has 1 atom stereocenters. The number of hydrogen-bond acceptors (Lipinski definition) is 3. The molecule has 6 heteroatoms. The number of hydrogen-bond donors (Lipinski definition) is 2. The fourth-order valence-electron chi connectivity index (χ4n) is 1.85. The Hall–Kier alpha value is -1.75. The minimum Gasteiger partial charge on any atom is -0.481 e. The molecule has 2 aromatic rings. The maximum Gasteiger partial charge on any atom is 0.312 e. The van der Waals surface area contributed by atoms with Gasteiger partial charge in [-0.25, -0.2) is 0 Å². The van der Waals surface area contributed by atoms with E-state index in [0.29, 0.717) is 27.1 Å². The third kappa shape index (κ3) is 3.88. The van der Waals surface area contributed by atoms with Gasteiger partial charge in [-0.15, -0.1) is 0 Å². The molecule has 1 unspecified atom stereocenters. The molecule has 110 valence electrons. The topological polar surface area (TPSA) is 72.6 Å². The second kappa shape index (κ2) is 6.80. The molecular weight excluding hydrogens is 313 g/mol. The second-order valence-electron chi connectivity index (χ2n) is 4.38. The third-order valence-corrected chi connectivity index (χ3v) is 3.66. The standard InChI is InChI=1S/C15H13Cl2NO3/c16-13-5-4-11(7-14(13)17)21-10-3-1-2-9(6-10)12(8-18)15(19)20/h1-7,12H,8,18H2,(H,19,20). The van der Waals surface area contributed by atoms with Gasteiger partial charge in [0.1, 0.15) is 11.5 Å². The zero-order valence-electron chi connectivity index (χ0n) is 10.9. The summed E-state index contributed by atoms with van der Waals surface area (Å²) in [4.78, 5) is 11.1. The van der Waals surface area contributed by atoms with E-state index in [1.807, 2.05) is 0 Å². The molecule has 21 heavy (non-hydrogen) atoms. The minimum absolute atomic E-state index is 0.0194. The Morgan fingerprint density at radius 2 is 1.86 bits per heavy atom. The van der Waals surface area contributed by atoms with Crippen molar-refractivity contribution in [3.8, 4) is 11.5 Å². The molecule has 0 saturated carbocycles. The van der Waals surface area contributed by atoms with E-state index in [4.69, 9.17) is 38.8 Å². The van der Waals surface area contributed by atoms with Crippen LogP contribution < -0.4 is 10.5 Å². The molecule has 4 nitrogen and oxygen atoms in total. The van der Waals surface area contributed by atoms with Crippen molar-refractivity contribution in [1.82, 2.24) is 0 Å². The van der Waals surface area contributed by atoms with Crippen molar-refractivity contribution in [2.45, 2.75) is 5.92 Å². The number of carbonyl (C=O) groups is 1. The summed E-state index contributed by atoms with van der Waals surface area (Å²) in [5, 5.41) is 9.94. The average molecular weight is 326 g/mol. The maximum atomic E-state index is 11.1. The monoisotopic (exact) mass is 325 g/mol. The summed E-state index contributed by atoms with van der Waals surface area (Å²) in [6.45, 7) is 0.0194. The van der Waals surface area contributed by atoms with E-state index in [2.05, 4.69) is 0 Å². The number of carboxylic acid groups (broad SMARTS) is 1. The average Bonchev–Trinajstić information content (AvgIpc) is 2.44. The van der Waals surface area contributed by atoms with Crippen LogP contribution in [0.1, 0.15) is 11.5 Å². The summed E-state index contributed by atoms with van der Waals surface area (Å²) in [5.74, 6) is -0.710. The fraction of sp³-hybridized carbons (Fsp3) is 0.133. The maximum absolute atomic E-state index is 11.1. The van der Waals surface area contributed by atoms with Gasteiger partial charge in [-0.1, -0.05) is 35.3 Å². The van der Waals surface area contributed by atoms with Crippen molar-refractivity contribution in [3.63, 3.8) is 0 Å². The molecular formula is C15H13Cl2NO3. The molecule has 0 aliphatic heterocycles. The van der Waals surface area contributed by atoms with Crippen LogP contribution in [0, 0.1) is 0 Å². The summed E-state index contributed by atoms with van der Waals surface area (Å²) < 4.78 is 5.65. The van der Waals surface area contributed by atoms with E-state index >= 15 is 0 Å². The largest absolute Gasteiger partial charge is 0.481 e. The first-order chi connectivity index (χ1) is 10.0. The molecule has 2 aromatic carbocycles. The van der Waals surface area contributed by atoms with Gasteiger partial charge in [0.2, 0.25) is 0 Å². The number of benzene rings is 2. The number of halogens is 2. The predicted octanol–water partition coefficient (Wildman–Crippen LogP) is 3.91. The van der Waals surface area contributed by atoms with Gasteiger partial charge in [0.05, 0.1) is 16.0 Å². The molecule has 0 saturated heterocycles.